The third kappa shape index (κ3) is 4.76. The Balaban J connectivity index is 1.81. The molecule has 0 fully saturated rings. The smallest absolute Gasteiger partial charge is 0.327 e. The monoisotopic (exact) mass is 287 g/mol. The molecular formula is C15H17N3O3. The Morgan fingerprint density at radius 3 is 2.76 bits per heavy atom. The summed E-state index contributed by atoms with van der Waals surface area (Å²) in [4.78, 5) is 22.9. The van der Waals surface area contributed by atoms with Crippen LogP contribution < -0.4 is 5.32 Å². The summed E-state index contributed by atoms with van der Waals surface area (Å²) in [6.07, 6.45) is 4.18. The van der Waals surface area contributed by atoms with Crippen molar-refractivity contribution in [3.05, 3.63) is 48.3 Å². The Labute approximate surface area is 122 Å². The minimum Gasteiger partial charge on any atom is -0.468 e. The fourth-order valence-electron chi connectivity index (χ4n) is 1.84. The van der Waals surface area contributed by atoms with Crippen LogP contribution >= 0.6 is 0 Å². The van der Waals surface area contributed by atoms with E-state index in [1.165, 1.54) is 18.0 Å². The second-order valence-corrected chi connectivity index (χ2v) is 4.54. The van der Waals surface area contributed by atoms with Gasteiger partial charge in [-0.3, -0.25) is 14.3 Å². The zero-order valence-electron chi connectivity index (χ0n) is 11.8. The number of nitrogens with one attached hydrogen (secondary N) is 1. The fraction of sp³-hybridized carbons (Fsp3) is 0.267. The highest BCUT2D eigenvalue weighted by atomic mass is 16.5. The van der Waals surface area contributed by atoms with Crippen molar-refractivity contribution >= 4 is 17.6 Å². The summed E-state index contributed by atoms with van der Waals surface area (Å²) < 4.78 is 5.96. The Hall–Kier alpha value is -2.63. The maximum Gasteiger partial charge on any atom is 0.327 e. The van der Waals surface area contributed by atoms with Crippen LogP contribution in [-0.4, -0.2) is 28.8 Å². The SMILES string of the molecule is COC(=O)Cn1cc(NC(=O)CCc2ccccc2)cn1. The Bertz CT molecular complexity index is 608. The van der Waals surface area contributed by atoms with Gasteiger partial charge in [0.15, 0.2) is 0 Å². The van der Waals surface area contributed by atoms with Crippen LogP contribution in [0.15, 0.2) is 42.7 Å². The summed E-state index contributed by atoms with van der Waals surface area (Å²) in [6, 6.07) is 9.82. The largest absolute Gasteiger partial charge is 0.468 e. The first-order valence-corrected chi connectivity index (χ1v) is 6.60. The molecule has 1 aromatic carbocycles. The lowest BCUT2D eigenvalue weighted by Crippen LogP contribution is -2.13. The summed E-state index contributed by atoms with van der Waals surface area (Å²) in [5.74, 6) is -0.475. The van der Waals surface area contributed by atoms with E-state index in [1.807, 2.05) is 30.3 Å². The number of esters is 1. The summed E-state index contributed by atoms with van der Waals surface area (Å²) in [5.41, 5.74) is 1.69. The first-order valence-electron chi connectivity index (χ1n) is 6.60. The number of hydrogen-bond acceptors (Lipinski definition) is 4. The molecule has 0 atom stereocenters. The standard InChI is InChI=1S/C15H17N3O3/c1-21-15(20)11-18-10-13(9-16-18)17-14(19)8-7-12-5-3-2-4-6-12/h2-6,9-10H,7-8,11H2,1H3,(H,17,19). The van der Waals surface area contributed by atoms with Crippen LogP contribution in [-0.2, 0) is 27.3 Å². The van der Waals surface area contributed by atoms with Gasteiger partial charge in [-0.2, -0.15) is 5.10 Å². The van der Waals surface area contributed by atoms with Crippen molar-refractivity contribution in [3.8, 4) is 0 Å². The van der Waals surface area contributed by atoms with Crippen molar-refractivity contribution in [1.82, 2.24) is 9.78 Å². The summed E-state index contributed by atoms with van der Waals surface area (Å²) in [6.45, 7) is 0.0242. The number of ether oxygens (including phenoxy) is 1. The summed E-state index contributed by atoms with van der Waals surface area (Å²) >= 11 is 0. The van der Waals surface area contributed by atoms with Crippen LogP contribution in [0.1, 0.15) is 12.0 Å². The zero-order valence-corrected chi connectivity index (χ0v) is 11.8. The van der Waals surface area contributed by atoms with Crippen LogP contribution in [0.4, 0.5) is 5.69 Å². The summed E-state index contributed by atoms with van der Waals surface area (Å²) in [5, 5.41) is 6.73. The molecular weight excluding hydrogens is 270 g/mol. The molecule has 0 saturated heterocycles. The maximum absolute atomic E-state index is 11.8. The second kappa shape index (κ2) is 7.23. The highest BCUT2D eigenvalue weighted by Gasteiger charge is 2.07. The first kappa shape index (κ1) is 14.8. The molecule has 0 radical (unpaired) electrons. The van der Waals surface area contributed by atoms with Crippen LogP contribution in [0, 0.1) is 0 Å². The number of methoxy groups -OCH3 is 1. The molecule has 0 unspecified atom stereocenters. The van der Waals surface area contributed by atoms with E-state index in [0.29, 0.717) is 18.5 Å². The van der Waals surface area contributed by atoms with E-state index < -0.39 is 0 Å². The van der Waals surface area contributed by atoms with E-state index in [4.69, 9.17) is 0 Å². The van der Waals surface area contributed by atoms with Crippen molar-refractivity contribution in [3.63, 3.8) is 0 Å². The molecule has 1 heterocycles. The highest BCUT2D eigenvalue weighted by molar-refractivity contribution is 5.90. The molecule has 1 N–H and O–H groups in total. The number of hydrogen-bond donors (Lipinski definition) is 1. The van der Waals surface area contributed by atoms with Gasteiger partial charge in [-0.25, -0.2) is 0 Å². The molecule has 1 amide bonds. The van der Waals surface area contributed by atoms with Crippen LogP contribution in [0.2, 0.25) is 0 Å². The quantitative estimate of drug-likeness (QED) is 0.819. The Morgan fingerprint density at radius 1 is 1.29 bits per heavy atom. The number of carbonyl (C=O) groups is 2. The zero-order chi connectivity index (χ0) is 15.1. The minimum atomic E-state index is -0.389. The van der Waals surface area contributed by atoms with Gasteiger partial charge in [0.25, 0.3) is 0 Å². The number of aryl methyl sites for hydroxylation is 1. The topological polar surface area (TPSA) is 73.2 Å². The Morgan fingerprint density at radius 2 is 2.05 bits per heavy atom. The molecule has 1 aromatic heterocycles. The van der Waals surface area contributed by atoms with E-state index >= 15 is 0 Å². The molecule has 0 aliphatic heterocycles. The van der Waals surface area contributed by atoms with Crippen molar-refractivity contribution < 1.29 is 14.3 Å². The van der Waals surface area contributed by atoms with Gasteiger partial charge >= 0.3 is 5.97 Å². The molecule has 2 aromatic rings. The van der Waals surface area contributed by atoms with E-state index in [9.17, 15) is 9.59 Å². The molecule has 21 heavy (non-hydrogen) atoms. The Kier molecular flexibility index (Phi) is 5.09. The average Bonchev–Trinajstić information content (AvgIpc) is 2.93. The number of anilines is 1. The minimum absolute atomic E-state index is 0.0242. The van der Waals surface area contributed by atoms with Crippen LogP contribution in [0.3, 0.4) is 0 Å². The first-order chi connectivity index (χ1) is 10.2. The molecule has 6 nitrogen and oxygen atoms in total. The number of aromatic nitrogens is 2. The number of benzene rings is 1. The molecule has 6 heteroatoms. The van der Waals surface area contributed by atoms with Crippen molar-refractivity contribution in [2.24, 2.45) is 0 Å². The van der Waals surface area contributed by atoms with Crippen LogP contribution in [0.25, 0.3) is 0 Å². The molecule has 0 spiro atoms. The third-order valence-electron chi connectivity index (χ3n) is 2.92. The molecule has 0 aliphatic carbocycles. The molecule has 0 bridgehead atoms. The van der Waals surface area contributed by atoms with Crippen molar-refractivity contribution in [2.45, 2.75) is 19.4 Å². The number of carbonyl (C=O) groups excluding carboxylic acids is 2. The van der Waals surface area contributed by atoms with E-state index in [0.717, 1.165) is 5.56 Å². The van der Waals surface area contributed by atoms with Crippen molar-refractivity contribution in [2.75, 3.05) is 12.4 Å². The summed E-state index contributed by atoms with van der Waals surface area (Å²) in [7, 11) is 1.32. The highest BCUT2D eigenvalue weighted by Crippen LogP contribution is 2.08. The normalized spacial score (nSPS) is 10.1. The molecule has 2 rings (SSSR count). The van der Waals surface area contributed by atoms with E-state index in [1.54, 1.807) is 6.20 Å². The maximum atomic E-state index is 11.8. The molecule has 0 saturated carbocycles. The fourth-order valence-corrected chi connectivity index (χ4v) is 1.84. The van der Waals surface area contributed by atoms with Crippen molar-refractivity contribution in [1.29, 1.82) is 0 Å². The second-order valence-electron chi connectivity index (χ2n) is 4.54. The van der Waals surface area contributed by atoms with Gasteiger partial charge in [-0.1, -0.05) is 30.3 Å². The number of nitrogens with zero attached hydrogens (tertiary/aromatic N) is 2. The molecule has 110 valence electrons. The lowest BCUT2D eigenvalue weighted by molar-refractivity contribution is -0.141. The van der Waals surface area contributed by atoms with Gasteiger partial charge in [0.2, 0.25) is 5.91 Å². The predicted molar refractivity (Wildman–Crippen MR) is 77.6 cm³/mol. The molecule has 0 aliphatic rings. The third-order valence-corrected chi connectivity index (χ3v) is 2.92. The van der Waals surface area contributed by atoms with Gasteiger partial charge in [0.05, 0.1) is 19.0 Å². The van der Waals surface area contributed by atoms with Gasteiger partial charge in [-0.05, 0) is 12.0 Å². The lowest BCUT2D eigenvalue weighted by atomic mass is 10.1. The van der Waals surface area contributed by atoms with Gasteiger partial charge < -0.3 is 10.1 Å². The van der Waals surface area contributed by atoms with E-state index in [2.05, 4.69) is 15.2 Å². The van der Waals surface area contributed by atoms with Gasteiger partial charge in [0.1, 0.15) is 6.54 Å². The van der Waals surface area contributed by atoms with Crippen LogP contribution in [0.5, 0.6) is 0 Å². The van der Waals surface area contributed by atoms with E-state index in [-0.39, 0.29) is 18.4 Å². The number of rotatable bonds is 6. The van der Waals surface area contributed by atoms with Gasteiger partial charge in [0, 0.05) is 12.6 Å². The lowest BCUT2D eigenvalue weighted by Gasteiger charge is -2.03. The number of amides is 1. The average molecular weight is 287 g/mol. The van der Waals surface area contributed by atoms with Gasteiger partial charge in [-0.15, -0.1) is 0 Å². The predicted octanol–water partition coefficient (Wildman–Crippen LogP) is 1.63.